The van der Waals surface area contributed by atoms with Crippen molar-refractivity contribution in [1.82, 2.24) is 5.32 Å². The van der Waals surface area contributed by atoms with Crippen molar-refractivity contribution in [1.29, 1.82) is 0 Å². The number of carbonyl (C=O) groups excluding carboxylic acids is 2. The zero-order chi connectivity index (χ0) is 19.4. The molecule has 2 aromatic carbocycles. The minimum absolute atomic E-state index is 0.0853. The number of amides is 2. The molecule has 140 valence electrons. The van der Waals surface area contributed by atoms with Gasteiger partial charge < -0.3 is 20.5 Å². The maximum atomic E-state index is 12.1. The van der Waals surface area contributed by atoms with Crippen molar-refractivity contribution < 1.29 is 19.4 Å². The maximum Gasteiger partial charge on any atom is 0.313 e. The first-order valence-electron chi connectivity index (χ1n) is 8.34. The van der Waals surface area contributed by atoms with Crippen molar-refractivity contribution in [2.45, 2.75) is 12.5 Å². The van der Waals surface area contributed by atoms with Gasteiger partial charge in [-0.25, -0.2) is 0 Å². The molecule has 0 aliphatic carbocycles. The fourth-order valence-electron chi connectivity index (χ4n) is 2.59. The molecule has 0 spiro atoms. The Kier molecular flexibility index (Phi) is 5.43. The van der Waals surface area contributed by atoms with Gasteiger partial charge in [-0.2, -0.15) is 0 Å². The summed E-state index contributed by atoms with van der Waals surface area (Å²) in [5.74, 6) is -1.20. The Morgan fingerprint density at radius 3 is 2.56 bits per heavy atom. The second kappa shape index (κ2) is 7.77. The van der Waals surface area contributed by atoms with Crippen LogP contribution in [-0.2, 0) is 15.2 Å². The van der Waals surface area contributed by atoms with Crippen molar-refractivity contribution in [2.75, 3.05) is 19.0 Å². The predicted octanol–water partition coefficient (Wildman–Crippen LogP) is 2.87. The van der Waals surface area contributed by atoms with Gasteiger partial charge in [-0.15, -0.1) is 11.3 Å². The average Bonchev–Trinajstić information content (AvgIpc) is 3.12. The first-order chi connectivity index (χ1) is 12.9. The summed E-state index contributed by atoms with van der Waals surface area (Å²) in [5, 5.41) is 16.8. The van der Waals surface area contributed by atoms with Gasteiger partial charge >= 0.3 is 11.8 Å². The molecule has 3 N–H and O–H groups in total. The smallest absolute Gasteiger partial charge is 0.313 e. The number of ether oxygens (including phenoxy) is 1. The highest BCUT2D eigenvalue weighted by atomic mass is 32.1. The molecule has 0 aliphatic rings. The average molecular weight is 384 g/mol. The monoisotopic (exact) mass is 384 g/mol. The van der Waals surface area contributed by atoms with Gasteiger partial charge in [0.25, 0.3) is 0 Å². The summed E-state index contributed by atoms with van der Waals surface area (Å²) in [4.78, 5) is 25.0. The molecule has 27 heavy (non-hydrogen) atoms. The van der Waals surface area contributed by atoms with Crippen molar-refractivity contribution >= 4 is 38.9 Å². The number of rotatable bonds is 5. The van der Waals surface area contributed by atoms with E-state index in [4.69, 9.17) is 4.74 Å². The minimum atomic E-state index is -1.29. The van der Waals surface area contributed by atoms with Crippen molar-refractivity contribution in [2.24, 2.45) is 0 Å². The molecule has 0 radical (unpaired) electrons. The molecule has 0 aliphatic heterocycles. The van der Waals surface area contributed by atoms with Crippen LogP contribution in [0.5, 0.6) is 5.75 Å². The number of fused-ring (bicyclic) bond motifs is 1. The van der Waals surface area contributed by atoms with Crippen LogP contribution >= 0.6 is 11.3 Å². The molecule has 0 fully saturated rings. The van der Waals surface area contributed by atoms with E-state index in [0.717, 1.165) is 10.1 Å². The van der Waals surface area contributed by atoms with Gasteiger partial charge in [-0.05, 0) is 36.6 Å². The number of anilines is 1. The summed E-state index contributed by atoms with van der Waals surface area (Å²) in [6.07, 6.45) is 0. The molecule has 1 aromatic heterocycles. The molecule has 1 atom stereocenters. The third kappa shape index (κ3) is 4.27. The molecule has 6 nitrogen and oxygen atoms in total. The van der Waals surface area contributed by atoms with E-state index >= 15 is 0 Å². The number of aliphatic hydroxyl groups is 1. The van der Waals surface area contributed by atoms with Crippen LogP contribution < -0.4 is 15.4 Å². The summed E-state index contributed by atoms with van der Waals surface area (Å²) < 4.78 is 6.19. The van der Waals surface area contributed by atoms with Crippen molar-refractivity contribution in [3.8, 4) is 5.75 Å². The number of benzene rings is 2. The summed E-state index contributed by atoms with van der Waals surface area (Å²) in [6, 6.07) is 16.5. The molecule has 0 saturated carbocycles. The Morgan fingerprint density at radius 2 is 1.81 bits per heavy atom. The number of methoxy groups -OCH3 is 1. The Balaban J connectivity index is 1.64. The van der Waals surface area contributed by atoms with Gasteiger partial charge in [-0.3, -0.25) is 9.59 Å². The first kappa shape index (κ1) is 18.9. The van der Waals surface area contributed by atoms with Crippen LogP contribution in [0.15, 0.2) is 54.6 Å². The highest BCUT2D eigenvalue weighted by Crippen LogP contribution is 2.32. The maximum absolute atomic E-state index is 12.1. The summed E-state index contributed by atoms with van der Waals surface area (Å²) in [6.45, 7) is 1.52. The molecular formula is C20H20N2O4S. The van der Waals surface area contributed by atoms with Gasteiger partial charge in [0.2, 0.25) is 0 Å². The van der Waals surface area contributed by atoms with Crippen LogP contribution in [0.3, 0.4) is 0 Å². The second-order valence-corrected chi connectivity index (χ2v) is 7.34. The van der Waals surface area contributed by atoms with E-state index in [1.165, 1.54) is 18.4 Å². The topological polar surface area (TPSA) is 87.7 Å². The van der Waals surface area contributed by atoms with Gasteiger partial charge in [0.15, 0.2) is 0 Å². The Bertz CT molecular complexity index is 948. The van der Waals surface area contributed by atoms with E-state index in [0.29, 0.717) is 16.3 Å². The third-order valence-corrected chi connectivity index (χ3v) is 5.48. The lowest BCUT2D eigenvalue weighted by molar-refractivity contribution is -0.136. The molecule has 7 heteroatoms. The number of nitrogens with one attached hydrogen (secondary N) is 2. The Morgan fingerprint density at radius 1 is 1.11 bits per heavy atom. The van der Waals surface area contributed by atoms with Gasteiger partial charge in [0.05, 0.1) is 19.3 Å². The zero-order valence-corrected chi connectivity index (χ0v) is 15.8. The summed E-state index contributed by atoms with van der Waals surface area (Å²) in [7, 11) is 1.48. The van der Waals surface area contributed by atoms with E-state index in [1.807, 2.05) is 30.3 Å². The number of para-hydroxylation sites is 2. The molecule has 3 aromatic rings. The molecule has 1 heterocycles. The molecule has 2 amide bonds. The van der Waals surface area contributed by atoms with E-state index in [9.17, 15) is 14.7 Å². The summed E-state index contributed by atoms with van der Waals surface area (Å²) in [5.41, 5.74) is -0.888. The van der Waals surface area contributed by atoms with Crippen LogP contribution in [0.1, 0.15) is 11.8 Å². The van der Waals surface area contributed by atoms with E-state index in [2.05, 4.69) is 10.6 Å². The van der Waals surface area contributed by atoms with Crippen molar-refractivity contribution in [3.05, 3.63) is 59.5 Å². The van der Waals surface area contributed by atoms with E-state index < -0.39 is 17.4 Å². The lowest BCUT2D eigenvalue weighted by Gasteiger charge is -2.22. The normalized spacial score (nSPS) is 13.0. The zero-order valence-electron chi connectivity index (χ0n) is 15.0. The lowest BCUT2D eigenvalue weighted by atomic mass is 10.0. The quantitative estimate of drug-likeness (QED) is 0.590. The Hall–Kier alpha value is -2.90. The number of carbonyl (C=O) groups is 2. The number of thiophene rings is 1. The van der Waals surface area contributed by atoms with Crippen LogP contribution in [-0.4, -0.2) is 30.6 Å². The molecule has 0 bridgehead atoms. The third-order valence-electron chi connectivity index (χ3n) is 4.11. The molecule has 1 unspecified atom stereocenters. The second-order valence-electron chi connectivity index (χ2n) is 6.26. The van der Waals surface area contributed by atoms with Crippen LogP contribution in [0.2, 0.25) is 0 Å². The van der Waals surface area contributed by atoms with Crippen LogP contribution in [0.4, 0.5) is 5.69 Å². The fraction of sp³-hybridized carbons (Fsp3) is 0.200. The lowest BCUT2D eigenvalue weighted by Crippen LogP contribution is -2.43. The molecule has 3 rings (SSSR count). The minimum Gasteiger partial charge on any atom is -0.495 e. The van der Waals surface area contributed by atoms with Crippen LogP contribution in [0.25, 0.3) is 10.1 Å². The highest BCUT2D eigenvalue weighted by Gasteiger charge is 2.27. The largest absolute Gasteiger partial charge is 0.495 e. The van der Waals surface area contributed by atoms with E-state index in [1.54, 1.807) is 31.2 Å². The van der Waals surface area contributed by atoms with Crippen molar-refractivity contribution in [3.63, 3.8) is 0 Å². The first-order valence-corrected chi connectivity index (χ1v) is 9.16. The van der Waals surface area contributed by atoms with Gasteiger partial charge in [0.1, 0.15) is 11.4 Å². The summed E-state index contributed by atoms with van der Waals surface area (Å²) >= 11 is 1.45. The number of hydrogen-bond donors (Lipinski definition) is 3. The highest BCUT2D eigenvalue weighted by molar-refractivity contribution is 7.19. The van der Waals surface area contributed by atoms with E-state index in [-0.39, 0.29) is 6.54 Å². The SMILES string of the molecule is COc1ccccc1NC(=O)C(=O)NCC(C)(O)c1cc2ccccc2s1. The van der Waals surface area contributed by atoms with Gasteiger partial charge in [0, 0.05) is 9.58 Å². The standard InChI is InChI=1S/C20H20N2O4S/c1-20(25,17-11-13-7-3-6-10-16(13)27-17)12-21-18(23)19(24)22-14-8-4-5-9-15(14)26-2/h3-11,25H,12H2,1-2H3,(H,21,23)(H,22,24). The number of hydrogen-bond acceptors (Lipinski definition) is 5. The fourth-order valence-corrected chi connectivity index (χ4v) is 3.70. The molecular weight excluding hydrogens is 364 g/mol. The van der Waals surface area contributed by atoms with Gasteiger partial charge in [-0.1, -0.05) is 30.3 Å². The Labute approximate surface area is 160 Å². The molecule has 0 saturated heterocycles. The van der Waals surface area contributed by atoms with Crippen LogP contribution in [0, 0.1) is 0 Å². The predicted molar refractivity (Wildman–Crippen MR) is 106 cm³/mol.